The number of likely N-dealkylation sites (tertiary alicyclic amines) is 1. The summed E-state index contributed by atoms with van der Waals surface area (Å²) in [4.78, 5) is 43.2. The normalized spacial score (nSPS) is 32.9. The molecule has 3 amide bonds. The first-order chi connectivity index (χ1) is 18.0. The van der Waals surface area contributed by atoms with Crippen molar-refractivity contribution >= 4 is 37.5 Å². The molecule has 6 atom stereocenters. The number of anilines is 2. The highest BCUT2D eigenvalue weighted by Gasteiger charge is 2.66. The summed E-state index contributed by atoms with van der Waals surface area (Å²) >= 11 is 0. The van der Waals surface area contributed by atoms with Gasteiger partial charge in [0.25, 0.3) is 5.91 Å². The van der Waals surface area contributed by atoms with Gasteiger partial charge in [0.15, 0.2) is 5.60 Å². The Balaban J connectivity index is 1.48. The number of carbonyl (C=O) groups is 3. The van der Waals surface area contributed by atoms with Crippen LogP contribution in [0.15, 0.2) is 18.2 Å². The number of hydrogen-bond acceptors (Lipinski definition) is 6. The van der Waals surface area contributed by atoms with E-state index in [4.69, 9.17) is 4.74 Å². The predicted octanol–water partition coefficient (Wildman–Crippen LogP) is 2.50. The van der Waals surface area contributed by atoms with Gasteiger partial charge in [0, 0.05) is 36.3 Å². The van der Waals surface area contributed by atoms with Crippen LogP contribution in [-0.2, 0) is 24.7 Å². The molecule has 1 aromatic rings. The Morgan fingerprint density at radius 3 is 2.71 bits per heavy atom. The van der Waals surface area contributed by atoms with E-state index in [1.807, 2.05) is 6.92 Å². The number of ether oxygens (including phenoxy) is 1. The molecule has 5 rings (SSSR count). The van der Waals surface area contributed by atoms with E-state index in [0.29, 0.717) is 23.5 Å². The highest BCUT2D eigenvalue weighted by molar-refractivity contribution is 6.72. The number of carbonyl (C=O) groups excluding carboxylic acids is 3. The SMILES string of the molecule is C[C@H]1[C@H]([Si](C)(C)F)[C@@H](CC(=O)N2CCC[C@H]2CO)O[C@]12C(=O)N(C)c1ccc(NC(=O)[C@H]3CCCN3)cc12. The zero-order valence-electron chi connectivity index (χ0n) is 22.6. The average molecular weight is 547 g/mol. The van der Waals surface area contributed by atoms with Gasteiger partial charge in [0.2, 0.25) is 20.2 Å². The predicted molar refractivity (Wildman–Crippen MR) is 144 cm³/mol. The highest BCUT2D eigenvalue weighted by Crippen LogP contribution is 2.60. The lowest BCUT2D eigenvalue weighted by atomic mass is 9.82. The number of amides is 3. The van der Waals surface area contributed by atoms with Crippen molar-refractivity contribution in [3.05, 3.63) is 23.8 Å². The number of nitrogens with one attached hydrogen (secondary N) is 2. The first kappa shape index (κ1) is 27.2. The van der Waals surface area contributed by atoms with Gasteiger partial charge in [0.1, 0.15) is 0 Å². The quantitative estimate of drug-likeness (QED) is 0.374. The molecule has 0 bridgehead atoms. The van der Waals surface area contributed by atoms with Gasteiger partial charge in [0.05, 0.1) is 36.9 Å². The van der Waals surface area contributed by atoms with Crippen LogP contribution in [0.4, 0.5) is 15.5 Å². The van der Waals surface area contributed by atoms with Gasteiger partial charge in [-0.25, -0.2) is 0 Å². The molecule has 0 saturated carbocycles. The molecule has 208 valence electrons. The minimum Gasteiger partial charge on any atom is -0.394 e. The van der Waals surface area contributed by atoms with Crippen molar-refractivity contribution in [3.63, 3.8) is 0 Å². The second kappa shape index (κ2) is 10.00. The van der Waals surface area contributed by atoms with Gasteiger partial charge in [-0.2, -0.15) is 0 Å². The summed E-state index contributed by atoms with van der Waals surface area (Å²) < 4.78 is 22.5. The van der Waals surface area contributed by atoms with E-state index in [1.165, 1.54) is 4.90 Å². The van der Waals surface area contributed by atoms with Gasteiger partial charge >= 0.3 is 0 Å². The van der Waals surface area contributed by atoms with Crippen molar-refractivity contribution in [2.45, 2.75) is 81.5 Å². The first-order valence-electron chi connectivity index (χ1n) is 13.7. The number of likely N-dealkylation sites (N-methyl/N-ethyl adjacent to an activating group) is 1. The van der Waals surface area contributed by atoms with Crippen LogP contribution in [0.2, 0.25) is 18.6 Å². The smallest absolute Gasteiger partial charge is 0.264 e. The third-order valence-corrected chi connectivity index (χ3v) is 11.5. The maximum Gasteiger partial charge on any atom is 0.264 e. The van der Waals surface area contributed by atoms with Gasteiger partial charge in [-0.15, -0.1) is 0 Å². The molecule has 3 N–H and O–H groups in total. The molecule has 0 aliphatic carbocycles. The van der Waals surface area contributed by atoms with Gasteiger partial charge in [-0.1, -0.05) is 6.92 Å². The van der Waals surface area contributed by atoms with Crippen LogP contribution < -0.4 is 15.5 Å². The van der Waals surface area contributed by atoms with Crippen LogP contribution in [-0.4, -0.2) is 81.1 Å². The molecule has 9 nitrogen and oxygen atoms in total. The molecule has 4 aliphatic heterocycles. The Hall–Kier alpha value is -2.34. The Bertz CT molecular complexity index is 1120. The fourth-order valence-corrected chi connectivity index (χ4v) is 9.71. The molecule has 3 fully saturated rings. The summed E-state index contributed by atoms with van der Waals surface area (Å²) in [5.41, 5.74) is -0.226. The van der Waals surface area contributed by atoms with Crippen LogP contribution in [0.5, 0.6) is 0 Å². The maximum absolute atomic E-state index is 15.9. The number of aliphatic hydroxyl groups excluding tert-OH is 1. The van der Waals surface area contributed by atoms with E-state index in [1.54, 1.807) is 43.2 Å². The molecule has 4 aliphatic rings. The summed E-state index contributed by atoms with van der Waals surface area (Å²) in [6, 6.07) is 4.84. The first-order valence-corrected chi connectivity index (χ1v) is 16.7. The van der Waals surface area contributed by atoms with Crippen molar-refractivity contribution in [2.75, 3.05) is 37.0 Å². The molecule has 4 heterocycles. The Labute approximate surface area is 224 Å². The molecule has 1 spiro atoms. The summed E-state index contributed by atoms with van der Waals surface area (Å²) in [6.07, 6.45) is 2.46. The maximum atomic E-state index is 15.9. The van der Waals surface area contributed by atoms with E-state index in [2.05, 4.69) is 10.6 Å². The van der Waals surface area contributed by atoms with E-state index in [-0.39, 0.29) is 42.8 Å². The summed E-state index contributed by atoms with van der Waals surface area (Å²) in [5.74, 6) is -1.10. The van der Waals surface area contributed by atoms with Crippen molar-refractivity contribution in [1.82, 2.24) is 10.2 Å². The molecule has 0 radical (unpaired) electrons. The fourth-order valence-electron chi connectivity index (χ4n) is 7.21. The molecular weight excluding hydrogens is 507 g/mol. The van der Waals surface area contributed by atoms with Crippen LogP contribution in [0.1, 0.15) is 44.6 Å². The van der Waals surface area contributed by atoms with Gasteiger partial charge in [-0.3, -0.25) is 14.4 Å². The third kappa shape index (κ3) is 4.37. The van der Waals surface area contributed by atoms with Crippen molar-refractivity contribution in [2.24, 2.45) is 5.92 Å². The van der Waals surface area contributed by atoms with Crippen LogP contribution in [0.3, 0.4) is 0 Å². The molecule has 38 heavy (non-hydrogen) atoms. The zero-order chi connectivity index (χ0) is 27.4. The minimum absolute atomic E-state index is 0.0380. The van der Waals surface area contributed by atoms with Crippen LogP contribution in [0.25, 0.3) is 0 Å². The lowest BCUT2D eigenvalue weighted by molar-refractivity contribution is -0.149. The molecular formula is C27H39FN4O5Si. The number of nitrogens with zero attached hydrogens (tertiary/aromatic N) is 2. The van der Waals surface area contributed by atoms with Crippen LogP contribution in [0, 0.1) is 5.92 Å². The van der Waals surface area contributed by atoms with Gasteiger partial charge in [-0.05, 0) is 63.5 Å². The summed E-state index contributed by atoms with van der Waals surface area (Å²) in [7, 11) is -1.73. The Kier molecular flexibility index (Phi) is 7.17. The van der Waals surface area contributed by atoms with Crippen molar-refractivity contribution in [1.29, 1.82) is 0 Å². The lowest BCUT2D eigenvalue weighted by Crippen LogP contribution is -2.44. The monoisotopic (exact) mass is 546 g/mol. The number of fused-ring (bicyclic) bond motifs is 2. The van der Waals surface area contributed by atoms with Gasteiger partial charge < -0.3 is 34.4 Å². The summed E-state index contributed by atoms with van der Waals surface area (Å²) in [6.45, 7) is 6.32. The minimum atomic E-state index is -3.40. The number of halogens is 1. The van der Waals surface area contributed by atoms with E-state index in [9.17, 15) is 19.5 Å². The third-order valence-electron chi connectivity index (χ3n) is 9.02. The number of rotatable bonds is 6. The lowest BCUT2D eigenvalue weighted by Gasteiger charge is -2.31. The van der Waals surface area contributed by atoms with E-state index >= 15 is 4.11 Å². The Morgan fingerprint density at radius 1 is 1.29 bits per heavy atom. The largest absolute Gasteiger partial charge is 0.394 e. The van der Waals surface area contributed by atoms with Crippen LogP contribution >= 0.6 is 0 Å². The molecule has 11 heteroatoms. The molecule has 0 aromatic heterocycles. The molecule has 1 aromatic carbocycles. The highest BCUT2D eigenvalue weighted by atomic mass is 28.4. The average Bonchev–Trinajstić information content (AvgIpc) is 3.64. The number of hydrogen-bond donors (Lipinski definition) is 3. The zero-order valence-corrected chi connectivity index (χ0v) is 23.6. The summed E-state index contributed by atoms with van der Waals surface area (Å²) in [5, 5.41) is 15.9. The second-order valence-corrected chi connectivity index (χ2v) is 15.6. The number of aliphatic hydroxyl groups is 1. The molecule has 0 unspecified atom stereocenters. The topological polar surface area (TPSA) is 111 Å². The standard InChI is InChI=1S/C27H39FN4O5Si/c1-16-24(38(3,4)28)22(14-23(34)32-12-6-7-18(32)15-33)37-27(16)19-13-17(9-10-21(19)31(2)26(27)36)30-25(35)20-8-5-11-29-20/h9-10,13,16,18,20,22,24,29,33H,5-8,11-12,14-15H2,1-4H3,(H,30,35)/t16-,18-,20+,22+,24-,27+/m0/s1. The van der Waals surface area contributed by atoms with E-state index in [0.717, 1.165) is 32.2 Å². The molecule has 3 saturated heterocycles. The Morgan fingerprint density at radius 2 is 2.05 bits per heavy atom. The fraction of sp³-hybridized carbons (Fsp3) is 0.667. The van der Waals surface area contributed by atoms with Crippen molar-refractivity contribution < 1.29 is 28.3 Å². The second-order valence-electron chi connectivity index (χ2n) is 11.8. The number of benzene rings is 1. The van der Waals surface area contributed by atoms with Crippen molar-refractivity contribution in [3.8, 4) is 0 Å². The van der Waals surface area contributed by atoms with E-state index < -0.39 is 31.6 Å².